The maximum absolute atomic E-state index is 15.2. The van der Waals surface area contributed by atoms with Gasteiger partial charge in [0, 0.05) is 31.1 Å². The fourth-order valence-electron chi connectivity index (χ4n) is 10.1. The van der Waals surface area contributed by atoms with Crippen molar-refractivity contribution in [2.24, 2.45) is 22.7 Å². The topological polar surface area (TPSA) is 204 Å². The Morgan fingerprint density at radius 2 is 1.57 bits per heavy atom. The fourth-order valence-corrected chi connectivity index (χ4v) is 10.1. The van der Waals surface area contributed by atoms with E-state index in [9.17, 15) is 34.5 Å². The van der Waals surface area contributed by atoms with Crippen molar-refractivity contribution in [3.05, 3.63) is 82.9 Å². The standard InChI is InChI=1S/C44H55NO13/c1-23-28(55-38(51)33(48)32(26-16-12-10-13-17-26)45-39(52)58-40(4,5)6)21-44(53)36(56-37(50)27-18-14-11-15-19-27)34-42(9,35(49)24(2)31(23)41(44,7)8)29(47)20-30-43(34,22-54-30)57-25(3)46/h10-19,24,28-30,32-34,36,47-48,53H,20-22H2,1-9H3,(H,45,52)/t24-,28+,29+,30-,32+,33-,34+,36+,42-,43+,44-/m1/s1. The van der Waals surface area contributed by atoms with Crippen LogP contribution in [0.4, 0.5) is 4.79 Å². The van der Waals surface area contributed by atoms with Crippen molar-refractivity contribution in [2.75, 3.05) is 6.61 Å². The summed E-state index contributed by atoms with van der Waals surface area (Å²) in [4.78, 5) is 69.3. The Morgan fingerprint density at radius 1 is 0.966 bits per heavy atom. The summed E-state index contributed by atoms with van der Waals surface area (Å²) in [5.41, 5.74) is -6.56. The van der Waals surface area contributed by atoms with Gasteiger partial charge in [-0.2, -0.15) is 0 Å². The number of carbonyl (C=O) groups excluding carboxylic acids is 5. The second-order valence-electron chi connectivity index (χ2n) is 17.9. The average Bonchev–Trinajstić information content (AvgIpc) is 3.14. The first kappa shape index (κ1) is 43.0. The van der Waals surface area contributed by atoms with Crippen molar-refractivity contribution < 1.29 is 63.0 Å². The lowest BCUT2D eigenvalue weighted by molar-refractivity contribution is -0.345. The zero-order chi connectivity index (χ0) is 42.7. The summed E-state index contributed by atoms with van der Waals surface area (Å²) in [7, 11) is 0. The van der Waals surface area contributed by atoms with Gasteiger partial charge in [0.15, 0.2) is 11.7 Å². The minimum absolute atomic E-state index is 0.0734. The molecule has 4 N–H and O–H groups in total. The Labute approximate surface area is 338 Å². The minimum Gasteiger partial charge on any atom is -0.456 e. The quantitative estimate of drug-likeness (QED) is 0.165. The van der Waals surface area contributed by atoms with E-state index >= 15 is 4.79 Å². The number of nitrogens with one attached hydrogen (secondary N) is 1. The van der Waals surface area contributed by atoms with Gasteiger partial charge in [0.05, 0.1) is 35.6 Å². The molecule has 1 amide bonds. The molecule has 0 spiro atoms. The lowest BCUT2D eigenvalue weighted by Crippen LogP contribution is -2.81. The number of Topliss-reactive ketones (excluding diaryl/α,β-unsaturated/α-hetero) is 1. The molecule has 0 radical (unpaired) electrons. The molecule has 0 unspecified atom stereocenters. The molecular formula is C44H55NO13. The van der Waals surface area contributed by atoms with Crippen LogP contribution in [0.2, 0.25) is 0 Å². The second kappa shape index (κ2) is 15.2. The summed E-state index contributed by atoms with van der Waals surface area (Å²) >= 11 is 0. The summed E-state index contributed by atoms with van der Waals surface area (Å²) in [5, 5.41) is 39.7. The van der Waals surface area contributed by atoms with Crippen LogP contribution >= 0.6 is 0 Å². The molecular weight excluding hydrogens is 750 g/mol. The Balaban J connectivity index is 1.49. The molecule has 3 fully saturated rings. The highest BCUT2D eigenvalue weighted by atomic mass is 16.6. The molecule has 3 aliphatic carbocycles. The van der Waals surface area contributed by atoms with Gasteiger partial charge in [0.25, 0.3) is 0 Å². The number of fused-ring (bicyclic) bond motifs is 5. The minimum atomic E-state index is -2.19. The number of aliphatic hydroxyl groups excluding tert-OH is 2. The van der Waals surface area contributed by atoms with E-state index in [4.69, 9.17) is 23.7 Å². The highest BCUT2D eigenvalue weighted by Gasteiger charge is 2.77. The van der Waals surface area contributed by atoms with Gasteiger partial charge < -0.3 is 44.3 Å². The summed E-state index contributed by atoms with van der Waals surface area (Å²) < 4.78 is 29.9. The average molecular weight is 806 g/mol. The Morgan fingerprint density at radius 3 is 2.12 bits per heavy atom. The number of aliphatic hydroxyl groups is 3. The Bertz CT molecular complexity index is 1970. The molecule has 2 aromatic carbocycles. The maximum Gasteiger partial charge on any atom is 0.408 e. The van der Waals surface area contributed by atoms with E-state index in [0.717, 1.165) is 0 Å². The summed E-state index contributed by atoms with van der Waals surface area (Å²) in [6.07, 6.45) is -8.64. The number of benzene rings is 2. The molecule has 2 bridgehead atoms. The monoisotopic (exact) mass is 805 g/mol. The molecule has 1 saturated heterocycles. The first-order valence-corrected chi connectivity index (χ1v) is 19.7. The highest BCUT2D eigenvalue weighted by molar-refractivity contribution is 5.92. The Hall–Kier alpha value is -4.63. The first-order chi connectivity index (χ1) is 27.0. The van der Waals surface area contributed by atoms with Crippen LogP contribution in [-0.4, -0.2) is 99.0 Å². The molecule has 314 valence electrons. The molecule has 11 atom stereocenters. The van der Waals surface area contributed by atoms with Gasteiger partial charge in [-0.05, 0) is 63.5 Å². The molecule has 4 aliphatic rings. The number of ketones is 1. The number of hydrogen-bond acceptors (Lipinski definition) is 13. The summed E-state index contributed by atoms with van der Waals surface area (Å²) in [6, 6.07) is 15.0. The highest BCUT2D eigenvalue weighted by Crippen LogP contribution is 2.65. The van der Waals surface area contributed by atoms with E-state index in [2.05, 4.69) is 5.32 Å². The third kappa shape index (κ3) is 7.11. The number of esters is 3. The van der Waals surface area contributed by atoms with Crippen molar-refractivity contribution in [1.82, 2.24) is 5.32 Å². The van der Waals surface area contributed by atoms with Crippen molar-refractivity contribution in [3.8, 4) is 0 Å². The van der Waals surface area contributed by atoms with E-state index in [1.165, 1.54) is 19.1 Å². The molecule has 0 aromatic heterocycles. The normalized spacial score (nSPS) is 33.7. The number of amides is 1. The van der Waals surface area contributed by atoms with Gasteiger partial charge >= 0.3 is 24.0 Å². The smallest absolute Gasteiger partial charge is 0.408 e. The van der Waals surface area contributed by atoms with Gasteiger partial charge in [-0.25, -0.2) is 14.4 Å². The van der Waals surface area contributed by atoms with Gasteiger partial charge in [-0.1, -0.05) is 69.3 Å². The van der Waals surface area contributed by atoms with Crippen LogP contribution in [0, 0.1) is 22.7 Å². The van der Waals surface area contributed by atoms with Crippen LogP contribution in [0.3, 0.4) is 0 Å². The largest absolute Gasteiger partial charge is 0.456 e. The number of hydrogen-bond donors (Lipinski definition) is 4. The molecule has 14 nitrogen and oxygen atoms in total. The second-order valence-corrected chi connectivity index (χ2v) is 17.9. The van der Waals surface area contributed by atoms with E-state index in [1.54, 1.807) is 104 Å². The third-order valence-electron chi connectivity index (χ3n) is 12.9. The zero-order valence-corrected chi connectivity index (χ0v) is 34.4. The zero-order valence-electron chi connectivity index (χ0n) is 34.4. The predicted octanol–water partition coefficient (Wildman–Crippen LogP) is 4.53. The van der Waals surface area contributed by atoms with Crippen LogP contribution in [0.5, 0.6) is 0 Å². The summed E-state index contributed by atoms with van der Waals surface area (Å²) in [5.74, 6) is -5.57. The first-order valence-electron chi connectivity index (χ1n) is 19.7. The number of alkyl carbamates (subject to hydrolysis) is 1. The third-order valence-corrected chi connectivity index (χ3v) is 12.9. The van der Waals surface area contributed by atoms with E-state index < -0.39 is 112 Å². The molecule has 1 heterocycles. The predicted molar refractivity (Wildman–Crippen MR) is 207 cm³/mol. The molecule has 2 aromatic rings. The molecule has 58 heavy (non-hydrogen) atoms. The molecule has 1 aliphatic heterocycles. The maximum atomic E-state index is 15.2. The number of carbonyl (C=O) groups is 5. The van der Waals surface area contributed by atoms with Crippen LogP contribution in [0.15, 0.2) is 71.8 Å². The van der Waals surface area contributed by atoms with Gasteiger partial charge in [0.1, 0.15) is 35.3 Å². The Kier molecular flexibility index (Phi) is 11.3. The van der Waals surface area contributed by atoms with Crippen LogP contribution < -0.4 is 5.32 Å². The van der Waals surface area contributed by atoms with Crippen molar-refractivity contribution in [3.63, 3.8) is 0 Å². The molecule has 2 saturated carbocycles. The van der Waals surface area contributed by atoms with Crippen LogP contribution in [0.25, 0.3) is 0 Å². The van der Waals surface area contributed by atoms with Gasteiger partial charge in [-0.15, -0.1) is 0 Å². The van der Waals surface area contributed by atoms with Crippen molar-refractivity contribution in [1.29, 1.82) is 0 Å². The fraction of sp³-hybridized carbons (Fsp3) is 0.568. The number of rotatable bonds is 8. The van der Waals surface area contributed by atoms with Gasteiger partial charge in [-0.3, -0.25) is 9.59 Å². The van der Waals surface area contributed by atoms with Crippen molar-refractivity contribution in [2.45, 2.75) is 129 Å². The number of ether oxygens (including phenoxy) is 5. The van der Waals surface area contributed by atoms with Gasteiger partial charge in [0.2, 0.25) is 0 Å². The van der Waals surface area contributed by atoms with E-state index in [-0.39, 0.29) is 18.6 Å². The van der Waals surface area contributed by atoms with Crippen molar-refractivity contribution >= 4 is 29.8 Å². The van der Waals surface area contributed by atoms with E-state index in [1.807, 2.05) is 0 Å². The molecule has 14 heteroatoms. The molecule has 6 rings (SSSR count). The lowest BCUT2D eigenvalue weighted by Gasteiger charge is -2.67. The van der Waals surface area contributed by atoms with Crippen LogP contribution in [0.1, 0.15) is 97.1 Å². The summed E-state index contributed by atoms with van der Waals surface area (Å²) in [6.45, 7) is 14.3. The van der Waals surface area contributed by atoms with E-state index in [0.29, 0.717) is 16.7 Å². The lowest BCUT2D eigenvalue weighted by atomic mass is 9.43. The SMILES string of the molecule is CC(=O)O[C@@]12CO[C@@H]1C[C@H](O)[C@@]1(C)C(=O)[C@H](C)C3=C(C)[C@@H](OC(=O)[C@H](O)[C@@H](NC(=O)OC(C)(C)C)c4ccccc4)C[C@@](O)([C@@H](OC(=O)c4ccccc4)[C@H]21)C3(C)C. The van der Waals surface area contributed by atoms with Crippen LogP contribution in [-0.2, 0) is 38.1 Å².